The standard InChI is InChI=1S/C17H17FN4OS/c1-10-8-14(24-15(10)12-4-6-13(18)7-5-12)17(23)20-11(2)16-21-19-9-22(16)3/h4-9,11H,1-3H3,(H,20,23)/t11-/m1/s1. The monoisotopic (exact) mass is 344 g/mol. The highest BCUT2D eigenvalue weighted by atomic mass is 32.1. The maximum atomic E-state index is 13.1. The van der Waals surface area contributed by atoms with Crippen LogP contribution in [0.3, 0.4) is 0 Å². The Labute approximate surface area is 143 Å². The van der Waals surface area contributed by atoms with Crippen LogP contribution in [0.1, 0.15) is 34.0 Å². The number of hydrogen-bond donors (Lipinski definition) is 1. The maximum absolute atomic E-state index is 13.1. The summed E-state index contributed by atoms with van der Waals surface area (Å²) in [6.07, 6.45) is 1.60. The maximum Gasteiger partial charge on any atom is 0.261 e. The van der Waals surface area contributed by atoms with Crippen molar-refractivity contribution in [2.75, 3.05) is 0 Å². The molecular formula is C17H17FN4OS. The molecule has 1 atom stereocenters. The molecule has 7 heteroatoms. The number of carbonyl (C=O) groups is 1. The Morgan fingerprint density at radius 3 is 2.67 bits per heavy atom. The minimum absolute atomic E-state index is 0.160. The number of amides is 1. The van der Waals surface area contributed by atoms with E-state index in [4.69, 9.17) is 0 Å². The second-order valence-electron chi connectivity index (χ2n) is 5.62. The fourth-order valence-corrected chi connectivity index (χ4v) is 3.58. The van der Waals surface area contributed by atoms with E-state index in [0.29, 0.717) is 10.7 Å². The van der Waals surface area contributed by atoms with E-state index in [1.165, 1.54) is 23.5 Å². The number of hydrogen-bond acceptors (Lipinski definition) is 4. The van der Waals surface area contributed by atoms with E-state index < -0.39 is 0 Å². The average Bonchev–Trinajstić information content (AvgIpc) is 3.14. The summed E-state index contributed by atoms with van der Waals surface area (Å²) in [5.74, 6) is 0.255. The van der Waals surface area contributed by atoms with Gasteiger partial charge in [-0.3, -0.25) is 4.79 Å². The van der Waals surface area contributed by atoms with Gasteiger partial charge in [0.25, 0.3) is 5.91 Å². The molecule has 24 heavy (non-hydrogen) atoms. The third kappa shape index (κ3) is 3.21. The number of rotatable bonds is 4. The number of thiophene rings is 1. The fraction of sp³-hybridized carbons (Fsp3) is 0.235. The van der Waals surface area contributed by atoms with Crippen molar-refractivity contribution in [3.05, 3.63) is 58.7 Å². The first-order valence-corrected chi connectivity index (χ1v) is 8.28. The van der Waals surface area contributed by atoms with Crippen LogP contribution in [0.4, 0.5) is 4.39 Å². The second kappa shape index (κ2) is 6.52. The minimum atomic E-state index is -0.275. The number of carbonyl (C=O) groups excluding carboxylic acids is 1. The Morgan fingerprint density at radius 2 is 2.04 bits per heavy atom. The van der Waals surface area contributed by atoms with Gasteiger partial charge in [0.05, 0.1) is 10.9 Å². The van der Waals surface area contributed by atoms with Crippen LogP contribution in [0, 0.1) is 12.7 Å². The Balaban J connectivity index is 1.80. The SMILES string of the molecule is Cc1cc(C(=O)N[C@H](C)c2nncn2C)sc1-c1ccc(F)cc1. The molecule has 0 bridgehead atoms. The third-order valence-corrected chi connectivity index (χ3v) is 5.01. The van der Waals surface area contributed by atoms with Crippen LogP contribution in [0.15, 0.2) is 36.7 Å². The molecule has 0 aliphatic heterocycles. The highest BCUT2D eigenvalue weighted by molar-refractivity contribution is 7.17. The lowest BCUT2D eigenvalue weighted by molar-refractivity contribution is 0.0942. The molecule has 1 aromatic carbocycles. The predicted octanol–water partition coefficient (Wildman–Crippen LogP) is 3.48. The van der Waals surface area contributed by atoms with E-state index in [-0.39, 0.29) is 17.8 Å². The van der Waals surface area contributed by atoms with Gasteiger partial charge < -0.3 is 9.88 Å². The average molecular weight is 344 g/mol. The lowest BCUT2D eigenvalue weighted by Crippen LogP contribution is -2.27. The molecule has 0 saturated carbocycles. The van der Waals surface area contributed by atoms with E-state index >= 15 is 0 Å². The Hall–Kier alpha value is -2.54. The first kappa shape index (κ1) is 16.3. The number of nitrogens with one attached hydrogen (secondary N) is 1. The molecule has 0 aliphatic carbocycles. The van der Waals surface area contributed by atoms with E-state index in [9.17, 15) is 9.18 Å². The van der Waals surface area contributed by atoms with Gasteiger partial charge in [0.15, 0.2) is 5.82 Å². The molecule has 1 N–H and O–H groups in total. The highest BCUT2D eigenvalue weighted by Gasteiger charge is 2.18. The normalized spacial score (nSPS) is 12.2. The van der Waals surface area contributed by atoms with Crippen LogP contribution in [0.2, 0.25) is 0 Å². The van der Waals surface area contributed by atoms with Crippen LogP contribution in [0.5, 0.6) is 0 Å². The van der Waals surface area contributed by atoms with Gasteiger partial charge in [0.1, 0.15) is 12.1 Å². The molecule has 3 aromatic rings. The van der Waals surface area contributed by atoms with Gasteiger partial charge in [-0.25, -0.2) is 4.39 Å². The molecule has 124 valence electrons. The van der Waals surface area contributed by atoms with Crippen LogP contribution in [-0.2, 0) is 7.05 Å². The first-order chi connectivity index (χ1) is 11.5. The zero-order valence-corrected chi connectivity index (χ0v) is 14.4. The number of nitrogens with zero attached hydrogens (tertiary/aromatic N) is 3. The van der Waals surface area contributed by atoms with Gasteiger partial charge in [-0.15, -0.1) is 21.5 Å². The molecule has 0 radical (unpaired) electrons. The van der Waals surface area contributed by atoms with Gasteiger partial charge in [0, 0.05) is 11.9 Å². The molecular weight excluding hydrogens is 327 g/mol. The van der Waals surface area contributed by atoms with Gasteiger partial charge in [0.2, 0.25) is 0 Å². The molecule has 0 spiro atoms. The summed E-state index contributed by atoms with van der Waals surface area (Å²) < 4.78 is 14.8. The van der Waals surface area contributed by atoms with E-state index in [2.05, 4.69) is 15.5 Å². The van der Waals surface area contributed by atoms with E-state index in [1.54, 1.807) is 23.0 Å². The van der Waals surface area contributed by atoms with Crippen LogP contribution < -0.4 is 5.32 Å². The van der Waals surface area contributed by atoms with Crippen molar-refractivity contribution in [1.29, 1.82) is 0 Å². The number of aromatic nitrogens is 3. The summed E-state index contributed by atoms with van der Waals surface area (Å²) in [7, 11) is 1.83. The number of benzene rings is 1. The molecule has 5 nitrogen and oxygen atoms in total. The summed E-state index contributed by atoms with van der Waals surface area (Å²) in [6, 6.07) is 7.88. The Bertz CT molecular complexity index is 869. The molecule has 0 fully saturated rings. The summed E-state index contributed by atoms with van der Waals surface area (Å²) in [5, 5.41) is 10.8. The Kier molecular flexibility index (Phi) is 4.44. The van der Waals surface area contributed by atoms with Crippen molar-refractivity contribution >= 4 is 17.2 Å². The third-order valence-electron chi connectivity index (χ3n) is 3.73. The van der Waals surface area contributed by atoms with Crippen molar-refractivity contribution in [3.63, 3.8) is 0 Å². The molecule has 3 rings (SSSR count). The van der Waals surface area contributed by atoms with Crippen LogP contribution in [-0.4, -0.2) is 20.7 Å². The predicted molar refractivity (Wildman–Crippen MR) is 91.3 cm³/mol. The summed E-state index contributed by atoms with van der Waals surface area (Å²) in [6.45, 7) is 3.81. The molecule has 0 unspecified atom stereocenters. The molecule has 0 aliphatic rings. The van der Waals surface area contributed by atoms with Gasteiger partial charge in [-0.05, 0) is 43.2 Å². The largest absolute Gasteiger partial charge is 0.342 e. The Morgan fingerprint density at radius 1 is 1.33 bits per heavy atom. The topological polar surface area (TPSA) is 59.8 Å². The van der Waals surface area contributed by atoms with Crippen molar-refractivity contribution in [3.8, 4) is 10.4 Å². The van der Waals surface area contributed by atoms with Crippen molar-refractivity contribution in [2.24, 2.45) is 7.05 Å². The molecule has 0 saturated heterocycles. The minimum Gasteiger partial charge on any atom is -0.342 e. The zero-order valence-electron chi connectivity index (χ0n) is 13.6. The lowest BCUT2D eigenvalue weighted by Gasteiger charge is -2.11. The molecule has 1 amide bonds. The smallest absolute Gasteiger partial charge is 0.261 e. The lowest BCUT2D eigenvalue weighted by atomic mass is 10.1. The quantitative estimate of drug-likeness (QED) is 0.788. The van der Waals surface area contributed by atoms with Crippen LogP contribution >= 0.6 is 11.3 Å². The molecule has 2 heterocycles. The highest BCUT2D eigenvalue weighted by Crippen LogP contribution is 2.32. The zero-order chi connectivity index (χ0) is 17.3. The van der Waals surface area contributed by atoms with Gasteiger partial charge >= 0.3 is 0 Å². The van der Waals surface area contributed by atoms with Crippen molar-refractivity contribution < 1.29 is 9.18 Å². The fourth-order valence-electron chi connectivity index (χ4n) is 2.50. The number of aryl methyl sites for hydroxylation is 2. The summed E-state index contributed by atoms with van der Waals surface area (Å²) >= 11 is 1.39. The summed E-state index contributed by atoms with van der Waals surface area (Å²) in [5.41, 5.74) is 1.89. The summed E-state index contributed by atoms with van der Waals surface area (Å²) in [4.78, 5) is 14.1. The van der Waals surface area contributed by atoms with Gasteiger partial charge in [-0.2, -0.15) is 0 Å². The number of halogens is 1. The van der Waals surface area contributed by atoms with Crippen molar-refractivity contribution in [1.82, 2.24) is 20.1 Å². The van der Waals surface area contributed by atoms with E-state index in [1.807, 2.05) is 27.0 Å². The first-order valence-electron chi connectivity index (χ1n) is 7.47. The van der Waals surface area contributed by atoms with Gasteiger partial charge in [-0.1, -0.05) is 12.1 Å². The molecule has 2 aromatic heterocycles. The van der Waals surface area contributed by atoms with Crippen molar-refractivity contribution in [2.45, 2.75) is 19.9 Å². The second-order valence-corrected chi connectivity index (χ2v) is 6.68. The van der Waals surface area contributed by atoms with Crippen LogP contribution in [0.25, 0.3) is 10.4 Å². The van der Waals surface area contributed by atoms with E-state index in [0.717, 1.165) is 16.0 Å².